The van der Waals surface area contributed by atoms with E-state index in [9.17, 15) is 0 Å². The van der Waals surface area contributed by atoms with E-state index in [2.05, 4.69) is 479 Å². The highest BCUT2D eigenvalue weighted by Gasteiger charge is 2.22. The number of rotatable bonds is 16. The van der Waals surface area contributed by atoms with Crippen LogP contribution in [0.4, 0.5) is 0 Å². The van der Waals surface area contributed by atoms with Crippen LogP contribution in [0.2, 0.25) is 0 Å². The van der Waals surface area contributed by atoms with Gasteiger partial charge in [-0.2, -0.15) is 0 Å². The number of benzene rings is 19. The minimum Gasteiger partial charge on any atom is -0.309 e. The summed E-state index contributed by atoms with van der Waals surface area (Å²) in [6.45, 7) is 0. The van der Waals surface area contributed by atoms with Crippen molar-refractivity contribution in [1.29, 1.82) is 0 Å². The van der Waals surface area contributed by atoms with Crippen molar-refractivity contribution >= 4 is 87.2 Å². The Morgan fingerprint density at radius 3 is 0.400 bits per heavy atom. The molecule has 0 spiro atoms. The predicted molar refractivity (Wildman–Crippen MR) is 536 cm³/mol. The zero-order valence-electron chi connectivity index (χ0n) is 70.4. The first-order chi connectivity index (χ1) is 64.4. The maximum Gasteiger partial charge on any atom is 0.164 e. The summed E-state index contributed by atoms with van der Waals surface area (Å²) in [6.07, 6.45) is 0. The second kappa shape index (κ2) is 31.3. The van der Waals surface area contributed by atoms with Crippen LogP contribution in [0.15, 0.2) is 461 Å². The Kier molecular flexibility index (Phi) is 18.0. The number of hydrogen-bond donors (Lipinski definition) is 0. The Balaban J connectivity index is 0.512. The molecule has 606 valence electrons. The predicted octanol–water partition coefficient (Wildman–Crippen LogP) is 30.4. The van der Waals surface area contributed by atoms with Gasteiger partial charge in [0.2, 0.25) is 0 Å². The molecule has 0 aliphatic rings. The molecule has 0 radical (unpaired) electrons. The van der Waals surface area contributed by atoms with Crippen molar-refractivity contribution in [2.45, 2.75) is 0 Å². The molecule has 6 aromatic heterocycles. The van der Waals surface area contributed by atoms with Crippen LogP contribution in [0.5, 0.6) is 0 Å². The average Bonchev–Trinajstić information content (AvgIpc) is 1.58. The average molecular weight is 1660 g/mol. The normalized spacial score (nSPS) is 11.7. The highest BCUT2D eigenvalue weighted by Crippen LogP contribution is 2.42. The molecule has 19 aromatic carbocycles. The van der Waals surface area contributed by atoms with Crippen LogP contribution < -0.4 is 0 Å². The third kappa shape index (κ3) is 13.2. The van der Waals surface area contributed by atoms with Crippen LogP contribution >= 0.6 is 0 Å². The maximum atomic E-state index is 5.28. The van der Waals surface area contributed by atoms with Gasteiger partial charge in [-0.15, -0.1) is 0 Å². The van der Waals surface area contributed by atoms with Crippen molar-refractivity contribution in [3.05, 3.63) is 461 Å². The zero-order valence-corrected chi connectivity index (χ0v) is 70.4. The summed E-state index contributed by atoms with van der Waals surface area (Å²) in [7, 11) is 0. The third-order valence-corrected chi connectivity index (χ3v) is 25.8. The fourth-order valence-corrected chi connectivity index (χ4v) is 19.3. The molecular weight excluding hydrogens is 1580 g/mol. The lowest BCUT2D eigenvalue weighted by Crippen LogP contribution is -2.00. The molecule has 0 aliphatic heterocycles. The summed E-state index contributed by atoms with van der Waals surface area (Å²) in [5.74, 6) is 3.48. The molecule has 6 heterocycles. The quantitative estimate of drug-likeness (QED) is 0.0956. The van der Waals surface area contributed by atoms with Gasteiger partial charge in [0.05, 0.1) is 44.1 Å². The molecule has 0 bridgehead atoms. The van der Waals surface area contributed by atoms with E-state index in [-0.39, 0.29) is 0 Å². The molecule has 0 amide bonds. The fraction of sp³-hybridized carbons (Fsp3) is 0. The van der Waals surface area contributed by atoms with E-state index in [4.69, 9.17) is 29.9 Å². The third-order valence-electron chi connectivity index (χ3n) is 25.8. The van der Waals surface area contributed by atoms with Gasteiger partial charge in [-0.25, -0.2) is 29.9 Å². The summed E-state index contributed by atoms with van der Waals surface area (Å²) in [5, 5.41) is 9.92. The SMILES string of the molecule is c1cc(-c2ccc(-c3nc(-c4ccc(-c5ccc(-n6c7ccccc7c7ccccc76)cc5)cc4)nc(-c4ccc(-c5ccc(-n6c7ccccc7c7ccccc76)cc5)cc4)n3)cc2)cc(-c2ccc(-c3nc(-c4ccc(-c5ccc(-n6c7ccccc7c7ccccc76)cc5)cc4)nc(-c4ccc(-c5ccc(-n6c7ccccc7c7ccccc76)cc5)cc4)n3)cc2)c1. The van der Waals surface area contributed by atoms with Crippen LogP contribution in [0, 0.1) is 0 Å². The van der Waals surface area contributed by atoms with Crippen LogP contribution in [-0.2, 0) is 0 Å². The van der Waals surface area contributed by atoms with Gasteiger partial charge in [0.25, 0.3) is 0 Å². The van der Waals surface area contributed by atoms with E-state index in [1.54, 1.807) is 0 Å². The molecule has 0 saturated heterocycles. The first-order valence-electron chi connectivity index (χ1n) is 44.0. The minimum atomic E-state index is 0.575. The van der Waals surface area contributed by atoms with Gasteiger partial charge in [-0.05, 0) is 170 Å². The minimum absolute atomic E-state index is 0.575. The van der Waals surface area contributed by atoms with Gasteiger partial charge in [-0.3, -0.25) is 0 Å². The Hall–Kier alpha value is -17.6. The lowest BCUT2D eigenvalue weighted by molar-refractivity contribution is 1.07. The van der Waals surface area contributed by atoms with Crippen molar-refractivity contribution in [3.8, 4) is 158 Å². The number of hydrogen-bond acceptors (Lipinski definition) is 6. The molecule has 0 aliphatic carbocycles. The standard InChI is InChI=1S/C120H76N10/c1-9-28-107-99(20-1)100-21-2-10-29-108(100)127(107)95-68-60-81(61-69-95)77-36-48-87(49-37-77)115-121-116(88-50-38-78(39-51-88)82-62-70-96(71-63-82)128-109-30-11-3-22-101(109)102-23-4-12-31-110(102)128)124-119(123-115)91-56-44-85(45-57-91)93-18-17-19-94(76-93)86-46-58-92(59-47-86)120-125-117(89-52-40-79(41-53-89)83-64-72-97(73-65-83)129-111-32-13-5-24-103(111)104-25-6-14-33-112(104)129)122-118(126-120)90-54-42-80(43-55-90)84-66-74-98(75-67-84)130-113-34-15-7-26-105(113)106-27-8-16-35-114(106)130/h1-76H. The van der Waals surface area contributed by atoms with Crippen molar-refractivity contribution in [1.82, 2.24) is 48.2 Å². The summed E-state index contributed by atoms with van der Waals surface area (Å²) in [6, 6.07) is 165. The molecular formula is C120H76N10. The number of nitrogens with zero attached hydrogens (tertiary/aromatic N) is 10. The Bertz CT molecular complexity index is 7530. The molecule has 0 saturated carbocycles. The highest BCUT2D eigenvalue weighted by atomic mass is 15.1. The first kappa shape index (κ1) is 75.0. The second-order valence-electron chi connectivity index (χ2n) is 33.3. The van der Waals surface area contributed by atoms with E-state index in [1.165, 1.54) is 87.2 Å². The van der Waals surface area contributed by atoms with Crippen molar-refractivity contribution in [2.24, 2.45) is 0 Å². The van der Waals surface area contributed by atoms with Gasteiger partial charge in [0, 0.05) is 99.2 Å². The maximum absolute atomic E-state index is 5.28. The second-order valence-corrected chi connectivity index (χ2v) is 33.3. The van der Waals surface area contributed by atoms with Gasteiger partial charge >= 0.3 is 0 Å². The van der Waals surface area contributed by atoms with Crippen LogP contribution in [0.1, 0.15) is 0 Å². The summed E-state index contributed by atoms with van der Waals surface area (Å²) in [4.78, 5) is 31.6. The van der Waals surface area contributed by atoms with Crippen molar-refractivity contribution < 1.29 is 0 Å². The van der Waals surface area contributed by atoms with Crippen LogP contribution in [0.3, 0.4) is 0 Å². The molecule has 130 heavy (non-hydrogen) atoms. The number of aromatic nitrogens is 10. The van der Waals surface area contributed by atoms with E-state index in [1.807, 2.05) is 0 Å². The monoisotopic (exact) mass is 1660 g/mol. The number of fused-ring (bicyclic) bond motifs is 12. The van der Waals surface area contributed by atoms with Crippen LogP contribution in [0.25, 0.3) is 245 Å². The summed E-state index contributed by atoms with van der Waals surface area (Å²) >= 11 is 0. The van der Waals surface area contributed by atoms with Gasteiger partial charge in [0.1, 0.15) is 0 Å². The molecule has 0 atom stereocenters. The van der Waals surface area contributed by atoms with Gasteiger partial charge < -0.3 is 18.3 Å². The van der Waals surface area contributed by atoms with Crippen molar-refractivity contribution in [3.63, 3.8) is 0 Å². The number of para-hydroxylation sites is 8. The summed E-state index contributed by atoms with van der Waals surface area (Å²) < 4.78 is 9.41. The Labute approximate surface area is 749 Å². The molecule has 0 fully saturated rings. The Morgan fingerprint density at radius 1 is 0.108 bits per heavy atom. The van der Waals surface area contributed by atoms with Crippen LogP contribution in [-0.4, -0.2) is 48.2 Å². The zero-order chi connectivity index (χ0) is 85.7. The molecule has 10 heteroatoms. The van der Waals surface area contributed by atoms with E-state index in [0.717, 1.165) is 123 Å². The molecule has 10 nitrogen and oxygen atoms in total. The van der Waals surface area contributed by atoms with Crippen molar-refractivity contribution in [2.75, 3.05) is 0 Å². The Morgan fingerprint density at radius 2 is 0.238 bits per heavy atom. The molecule has 25 rings (SSSR count). The summed E-state index contributed by atoms with van der Waals surface area (Å²) in [5.41, 5.74) is 32.3. The van der Waals surface area contributed by atoms with Gasteiger partial charge in [-0.1, -0.05) is 358 Å². The molecule has 25 aromatic rings. The fourth-order valence-electron chi connectivity index (χ4n) is 19.3. The molecule has 0 unspecified atom stereocenters. The van der Waals surface area contributed by atoms with E-state index < -0.39 is 0 Å². The topological polar surface area (TPSA) is 97.1 Å². The highest BCUT2D eigenvalue weighted by molar-refractivity contribution is 6.13. The lowest BCUT2D eigenvalue weighted by atomic mass is 9.97. The van der Waals surface area contributed by atoms with E-state index in [0.29, 0.717) is 34.9 Å². The van der Waals surface area contributed by atoms with Gasteiger partial charge in [0.15, 0.2) is 34.9 Å². The smallest absolute Gasteiger partial charge is 0.164 e. The first-order valence-corrected chi connectivity index (χ1v) is 44.0. The van der Waals surface area contributed by atoms with E-state index >= 15 is 0 Å². The molecule has 0 N–H and O–H groups in total. The lowest BCUT2D eigenvalue weighted by Gasteiger charge is -2.12. The largest absolute Gasteiger partial charge is 0.309 e.